The fourth-order valence-corrected chi connectivity index (χ4v) is 1.25. The van der Waals surface area contributed by atoms with Crippen molar-refractivity contribution >= 4 is 33.7 Å². The Morgan fingerprint density at radius 2 is 2.29 bits per heavy atom. The van der Waals surface area contributed by atoms with Crippen LogP contribution in [0.15, 0.2) is 0 Å². The van der Waals surface area contributed by atoms with E-state index < -0.39 is 17.9 Å². The number of carbonyl (C=O) groups is 3. The molecule has 3 amide bonds. The Bertz CT molecular complexity index is 342. The highest BCUT2D eigenvalue weighted by atomic mass is 79.9. The van der Waals surface area contributed by atoms with Gasteiger partial charge in [0.1, 0.15) is 6.04 Å². The first-order valence-corrected chi connectivity index (χ1v) is 4.68. The van der Waals surface area contributed by atoms with Crippen LogP contribution in [0.25, 0.3) is 0 Å². The Morgan fingerprint density at radius 1 is 1.57 bits per heavy atom. The first-order valence-electron chi connectivity index (χ1n) is 3.89. The van der Waals surface area contributed by atoms with Crippen molar-refractivity contribution < 1.29 is 14.4 Å². The van der Waals surface area contributed by atoms with Crippen LogP contribution in [-0.2, 0) is 14.4 Å². The summed E-state index contributed by atoms with van der Waals surface area (Å²) in [7, 11) is 0. The van der Waals surface area contributed by atoms with Crippen molar-refractivity contribution in [1.82, 2.24) is 10.6 Å². The van der Waals surface area contributed by atoms with Crippen molar-refractivity contribution in [2.45, 2.75) is 18.9 Å². The zero-order chi connectivity index (χ0) is 10.6. The minimum absolute atomic E-state index is 0.235. The summed E-state index contributed by atoms with van der Waals surface area (Å²) in [5, 5.41) is 4.51. The van der Waals surface area contributed by atoms with E-state index in [1.54, 1.807) is 0 Å². The molecule has 14 heavy (non-hydrogen) atoms. The molecule has 1 aliphatic heterocycles. The third kappa shape index (κ3) is 2.85. The van der Waals surface area contributed by atoms with Crippen LogP contribution in [0.1, 0.15) is 12.8 Å². The lowest BCUT2D eigenvalue weighted by molar-refractivity contribution is -0.136. The van der Waals surface area contributed by atoms with E-state index >= 15 is 0 Å². The number of carbonyl (C=O) groups excluding carboxylic acids is 3. The van der Waals surface area contributed by atoms with E-state index in [1.165, 1.54) is 0 Å². The van der Waals surface area contributed by atoms with Crippen LogP contribution in [0, 0.1) is 10.8 Å². The van der Waals surface area contributed by atoms with Crippen molar-refractivity contribution in [1.29, 1.82) is 0 Å². The molecule has 1 aliphatic rings. The van der Waals surface area contributed by atoms with E-state index in [4.69, 9.17) is 0 Å². The number of piperidine rings is 1. The van der Waals surface area contributed by atoms with Gasteiger partial charge in [-0.3, -0.25) is 19.7 Å². The van der Waals surface area contributed by atoms with Crippen molar-refractivity contribution in [3.63, 3.8) is 0 Å². The summed E-state index contributed by atoms with van der Waals surface area (Å²) in [6.45, 7) is 0. The smallest absolute Gasteiger partial charge is 0.297 e. The van der Waals surface area contributed by atoms with Crippen LogP contribution >= 0.6 is 15.9 Å². The highest BCUT2D eigenvalue weighted by molar-refractivity contribution is 9.12. The summed E-state index contributed by atoms with van der Waals surface area (Å²) < 4.78 is 0. The van der Waals surface area contributed by atoms with E-state index in [0.717, 1.165) is 0 Å². The topological polar surface area (TPSA) is 75.3 Å². The molecule has 1 heterocycles. The number of hydrogen-bond donors (Lipinski definition) is 2. The highest BCUT2D eigenvalue weighted by Crippen LogP contribution is 2.03. The van der Waals surface area contributed by atoms with Gasteiger partial charge in [0.15, 0.2) is 0 Å². The molecule has 0 aromatic rings. The first-order chi connectivity index (χ1) is 6.63. The molecule has 0 aliphatic carbocycles. The minimum Gasteiger partial charge on any atom is -0.333 e. The molecule has 1 atom stereocenters. The Kier molecular flexibility index (Phi) is 3.65. The summed E-state index contributed by atoms with van der Waals surface area (Å²) in [6, 6.07) is -0.659. The van der Waals surface area contributed by atoms with E-state index in [2.05, 4.69) is 37.3 Å². The first kappa shape index (κ1) is 10.7. The molecule has 6 heteroatoms. The summed E-state index contributed by atoms with van der Waals surface area (Å²) in [5.74, 6) is 0.838. The average molecular weight is 259 g/mol. The molecule has 0 saturated carbocycles. The minimum atomic E-state index is -0.659. The maximum absolute atomic E-state index is 11.1. The van der Waals surface area contributed by atoms with Crippen molar-refractivity contribution in [3.05, 3.63) is 0 Å². The molecule has 74 valence electrons. The van der Waals surface area contributed by atoms with Crippen LogP contribution in [0.5, 0.6) is 0 Å². The van der Waals surface area contributed by atoms with Gasteiger partial charge in [0, 0.05) is 28.3 Å². The van der Waals surface area contributed by atoms with E-state index in [9.17, 15) is 14.4 Å². The van der Waals surface area contributed by atoms with Gasteiger partial charge in [-0.05, 0) is 11.3 Å². The monoisotopic (exact) mass is 258 g/mol. The van der Waals surface area contributed by atoms with E-state index in [-0.39, 0.29) is 12.3 Å². The largest absolute Gasteiger partial charge is 0.333 e. The summed E-state index contributed by atoms with van der Waals surface area (Å²) in [4.78, 5) is 35.1. The SMILES string of the molecule is O=C(C#CBr)NC1CCC(=O)NC1=O. The maximum atomic E-state index is 11.1. The molecule has 1 rings (SSSR count). The van der Waals surface area contributed by atoms with E-state index in [0.29, 0.717) is 6.42 Å². The molecule has 0 aromatic heterocycles. The summed E-state index contributed by atoms with van der Waals surface area (Å²) in [6.07, 6.45) is 0.554. The average Bonchev–Trinajstić information content (AvgIpc) is 2.10. The molecule has 1 fully saturated rings. The predicted octanol–water partition coefficient (Wildman–Crippen LogP) is -0.736. The molecule has 0 radical (unpaired) electrons. The van der Waals surface area contributed by atoms with Gasteiger partial charge in [-0.25, -0.2) is 0 Å². The maximum Gasteiger partial charge on any atom is 0.297 e. The Hall–Kier alpha value is -1.35. The van der Waals surface area contributed by atoms with Crippen molar-refractivity contribution in [3.8, 4) is 10.8 Å². The van der Waals surface area contributed by atoms with Gasteiger partial charge in [-0.15, -0.1) is 0 Å². The third-order valence-electron chi connectivity index (χ3n) is 1.71. The molecule has 5 nitrogen and oxygen atoms in total. The number of halogens is 1. The second-order valence-electron chi connectivity index (χ2n) is 2.70. The lowest BCUT2D eigenvalue weighted by Crippen LogP contribution is -2.52. The zero-order valence-corrected chi connectivity index (χ0v) is 8.68. The predicted molar refractivity (Wildman–Crippen MR) is 51.0 cm³/mol. The number of rotatable bonds is 1. The molecule has 2 N–H and O–H groups in total. The molecule has 0 aromatic carbocycles. The fourth-order valence-electron chi connectivity index (χ4n) is 1.07. The summed E-state index contributed by atoms with van der Waals surface area (Å²) >= 11 is 2.76. The van der Waals surface area contributed by atoms with Crippen LogP contribution < -0.4 is 10.6 Å². The Morgan fingerprint density at radius 3 is 2.86 bits per heavy atom. The Labute approximate surface area is 88.7 Å². The second-order valence-corrected chi connectivity index (χ2v) is 3.09. The van der Waals surface area contributed by atoms with Gasteiger partial charge in [0.2, 0.25) is 11.8 Å². The number of nitrogens with one attached hydrogen (secondary N) is 2. The molecule has 0 spiro atoms. The van der Waals surface area contributed by atoms with E-state index in [1.807, 2.05) is 0 Å². The van der Waals surface area contributed by atoms with Crippen LogP contribution in [0.3, 0.4) is 0 Å². The highest BCUT2D eigenvalue weighted by Gasteiger charge is 2.27. The van der Waals surface area contributed by atoms with Gasteiger partial charge in [0.05, 0.1) is 0 Å². The van der Waals surface area contributed by atoms with Crippen LogP contribution in [0.2, 0.25) is 0 Å². The quantitative estimate of drug-likeness (QED) is 0.481. The zero-order valence-electron chi connectivity index (χ0n) is 7.09. The van der Waals surface area contributed by atoms with Gasteiger partial charge < -0.3 is 5.32 Å². The molecule has 0 bridgehead atoms. The van der Waals surface area contributed by atoms with Gasteiger partial charge in [-0.2, -0.15) is 0 Å². The number of hydrogen-bond acceptors (Lipinski definition) is 3. The third-order valence-corrected chi connectivity index (χ3v) is 1.90. The van der Waals surface area contributed by atoms with Gasteiger partial charge >= 0.3 is 0 Å². The molecular formula is C8H7BrN2O3. The lowest BCUT2D eigenvalue weighted by Gasteiger charge is -2.20. The molecule has 1 unspecified atom stereocenters. The van der Waals surface area contributed by atoms with Crippen LogP contribution in [-0.4, -0.2) is 23.8 Å². The Balaban J connectivity index is 2.52. The van der Waals surface area contributed by atoms with Crippen LogP contribution in [0.4, 0.5) is 0 Å². The standard InChI is InChI=1S/C8H7BrN2O3/c9-4-3-7(13)10-5-1-2-6(12)11-8(5)14/h5H,1-2H2,(H,10,13)(H,11,12,14). The fraction of sp³-hybridized carbons (Fsp3) is 0.375. The van der Waals surface area contributed by atoms with Crippen molar-refractivity contribution in [2.75, 3.05) is 0 Å². The van der Waals surface area contributed by atoms with Crippen molar-refractivity contribution in [2.24, 2.45) is 0 Å². The number of amides is 3. The van der Waals surface area contributed by atoms with Gasteiger partial charge in [0.25, 0.3) is 5.91 Å². The molecule has 1 saturated heterocycles. The number of imide groups is 1. The summed E-state index contributed by atoms with van der Waals surface area (Å²) in [5.41, 5.74) is 0. The van der Waals surface area contributed by atoms with Gasteiger partial charge in [-0.1, -0.05) is 0 Å². The normalized spacial score (nSPS) is 20.5. The lowest BCUT2D eigenvalue weighted by atomic mass is 10.1. The second kappa shape index (κ2) is 4.77. The molecular weight excluding hydrogens is 252 g/mol.